The standard InChI is InChI=1S/C35H19N3O/c36-20-31-37-30-19-22(18-29-23-12-4-9-17-28(23)35(39)38(31)34(29)30)33-26-15-7-5-13-24(26)32(21-10-2-1-3-11-21)25-14-6-8-16-27(25)33/h1-19H. The number of nitrogens with zero attached hydrogens (tertiary/aromatic N) is 3. The van der Waals surface area contributed by atoms with E-state index >= 15 is 0 Å². The van der Waals surface area contributed by atoms with Gasteiger partial charge in [0.1, 0.15) is 6.07 Å². The number of imidazole rings is 1. The molecule has 0 amide bonds. The molecule has 2 heterocycles. The van der Waals surface area contributed by atoms with Crippen LogP contribution in [-0.2, 0) is 0 Å². The van der Waals surface area contributed by atoms with E-state index in [2.05, 4.69) is 89.9 Å². The van der Waals surface area contributed by atoms with Crippen molar-refractivity contribution in [1.82, 2.24) is 9.38 Å². The SMILES string of the molecule is N#Cc1nc2cc(-c3c4ccccc4c(-c4ccccc4)c4ccccc34)cc3c4ccccc4c(=O)n1c23. The van der Waals surface area contributed by atoms with Crippen molar-refractivity contribution in [2.24, 2.45) is 0 Å². The van der Waals surface area contributed by atoms with Gasteiger partial charge in [-0.3, -0.25) is 4.79 Å². The molecule has 180 valence electrons. The second kappa shape index (κ2) is 7.98. The van der Waals surface area contributed by atoms with Gasteiger partial charge in [-0.15, -0.1) is 0 Å². The number of hydrogen-bond acceptors (Lipinski definition) is 3. The van der Waals surface area contributed by atoms with Gasteiger partial charge in [-0.05, 0) is 67.4 Å². The number of fused-ring (bicyclic) bond motifs is 4. The van der Waals surface area contributed by atoms with Crippen molar-refractivity contribution >= 4 is 48.7 Å². The maximum atomic E-state index is 13.4. The molecule has 0 spiro atoms. The van der Waals surface area contributed by atoms with E-state index < -0.39 is 0 Å². The minimum absolute atomic E-state index is 0.108. The molecule has 0 aliphatic heterocycles. The van der Waals surface area contributed by atoms with Crippen LogP contribution in [0.2, 0.25) is 0 Å². The number of aromatic nitrogens is 2. The number of nitriles is 1. The van der Waals surface area contributed by atoms with Crippen molar-refractivity contribution in [2.45, 2.75) is 0 Å². The van der Waals surface area contributed by atoms with E-state index in [0.717, 1.165) is 32.7 Å². The molecule has 0 atom stereocenters. The van der Waals surface area contributed by atoms with Crippen LogP contribution in [0.1, 0.15) is 5.82 Å². The molecule has 4 heteroatoms. The molecule has 0 bridgehead atoms. The molecule has 39 heavy (non-hydrogen) atoms. The second-order valence-electron chi connectivity index (χ2n) is 9.83. The zero-order valence-corrected chi connectivity index (χ0v) is 20.7. The van der Waals surface area contributed by atoms with Gasteiger partial charge in [0.25, 0.3) is 5.56 Å². The molecule has 0 saturated carbocycles. The van der Waals surface area contributed by atoms with Gasteiger partial charge in [-0.2, -0.15) is 5.26 Å². The molecular weight excluding hydrogens is 478 g/mol. The highest BCUT2D eigenvalue weighted by atomic mass is 16.1. The Morgan fingerprint density at radius 1 is 0.564 bits per heavy atom. The monoisotopic (exact) mass is 497 g/mol. The average molecular weight is 498 g/mol. The van der Waals surface area contributed by atoms with Crippen molar-refractivity contribution in [2.75, 3.05) is 0 Å². The molecule has 0 radical (unpaired) electrons. The highest BCUT2D eigenvalue weighted by molar-refractivity contribution is 6.23. The zero-order valence-electron chi connectivity index (χ0n) is 20.7. The normalized spacial score (nSPS) is 11.7. The van der Waals surface area contributed by atoms with Crippen LogP contribution in [-0.4, -0.2) is 9.38 Å². The Balaban J connectivity index is 1.59. The molecule has 4 nitrogen and oxygen atoms in total. The Hall–Kier alpha value is -5.53. The summed E-state index contributed by atoms with van der Waals surface area (Å²) in [6.45, 7) is 0. The zero-order chi connectivity index (χ0) is 26.1. The highest BCUT2D eigenvalue weighted by Crippen LogP contribution is 2.44. The predicted molar refractivity (Wildman–Crippen MR) is 158 cm³/mol. The van der Waals surface area contributed by atoms with Crippen molar-refractivity contribution < 1.29 is 0 Å². The first kappa shape index (κ1) is 21.5. The summed E-state index contributed by atoms with van der Waals surface area (Å²) < 4.78 is 1.46. The van der Waals surface area contributed by atoms with Crippen LogP contribution in [0.3, 0.4) is 0 Å². The molecule has 6 aromatic carbocycles. The minimum Gasteiger partial charge on any atom is -0.268 e. The van der Waals surface area contributed by atoms with Gasteiger partial charge in [-0.1, -0.05) is 97.1 Å². The molecule has 8 rings (SSSR count). The molecule has 0 aliphatic rings. The highest BCUT2D eigenvalue weighted by Gasteiger charge is 2.21. The predicted octanol–water partition coefficient (Wildman–Crippen LogP) is 7.95. The van der Waals surface area contributed by atoms with Gasteiger partial charge in [0, 0.05) is 10.8 Å². The van der Waals surface area contributed by atoms with Crippen LogP contribution < -0.4 is 5.56 Å². The van der Waals surface area contributed by atoms with E-state index in [-0.39, 0.29) is 11.4 Å². The van der Waals surface area contributed by atoms with E-state index in [1.165, 1.54) is 26.3 Å². The maximum Gasteiger partial charge on any atom is 0.265 e. The van der Waals surface area contributed by atoms with Crippen molar-refractivity contribution in [3.63, 3.8) is 0 Å². The fourth-order valence-corrected chi connectivity index (χ4v) is 6.21. The first-order valence-corrected chi connectivity index (χ1v) is 12.8. The first-order valence-electron chi connectivity index (χ1n) is 12.8. The summed E-state index contributed by atoms with van der Waals surface area (Å²) in [5.74, 6) is 0.108. The summed E-state index contributed by atoms with van der Waals surface area (Å²) in [6, 6.07) is 41.5. The fraction of sp³-hybridized carbons (Fsp3) is 0. The average Bonchev–Trinajstić information content (AvgIpc) is 3.38. The lowest BCUT2D eigenvalue weighted by Crippen LogP contribution is -2.14. The summed E-state index contributed by atoms with van der Waals surface area (Å²) in [5.41, 5.74) is 5.61. The second-order valence-corrected chi connectivity index (χ2v) is 9.83. The van der Waals surface area contributed by atoms with Gasteiger partial charge in [0.05, 0.1) is 11.0 Å². The summed E-state index contributed by atoms with van der Waals surface area (Å²) in [4.78, 5) is 18.0. The van der Waals surface area contributed by atoms with Crippen molar-refractivity contribution in [3.05, 3.63) is 131 Å². The van der Waals surface area contributed by atoms with Crippen molar-refractivity contribution in [3.8, 4) is 28.3 Å². The molecule has 0 fully saturated rings. The third-order valence-electron chi connectivity index (χ3n) is 7.78. The Kier molecular flexibility index (Phi) is 4.41. The molecule has 0 saturated heterocycles. The van der Waals surface area contributed by atoms with Crippen LogP contribution in [0.15, 0.2) is 120 Å². The Morgan fingerprint density at radius 2 is 1.08 bits per heavy atom. The van der Waals surface area contributed by atoms with Gasteiger partial charge >= 0.3 is 0 Å². The molecule has 8 aromatic rings. The number of benzene rings is 6. The molecule has 0 N–H and O–H groups in total. The summed E-state index contributed by atoms with van der Waals surface area (Å²) in [6.07, 6.45) is 0. The lowest BCUT2D eigenvalue weighted by molar-refractivity contribution is 1.07. The smallest absolute Gasteiger partial charge is 0.265 e. The van der Waals surface area contributed by atoms with Crippen LogP contribution in [0.4, 0.5) is 0 Å². The fourth-order valence-electron chi connectivity index (χ4n) is 6.21. The molecule has 0 unspecified atom stereocenters. The van der Waals surface area contributed by atoms with Gasteiger partial charge < -0.3 is 0 Å². The lowest BCUT2D eigenvalue weighted by atomic mass is 9.85. The Morgan fingerprint density at radius 3 is 1.67 bits per heavy atom. The molecular formula is C35H19N3O. The van der Waals surface area contributed by atoms with Gasteiger partial charge in [-0.25, -0.2) is 9.38 Å². The van der Waals surface area contributed by atoms with E-state index in [1.807, 2.05) is 36.4 Å². The van der Waals surface area contributed by atoms with Crippen LogP contribution in [0.25, 0.3) is 71.0 Å². The number of rotatable bonds is 2. The van der Waals surface area contributed by atoms with E-state index in [4.69, 9.17) is 0 Å². The number of hydrogen-bond donors (Lipinski definition) is 0. The maximum absolute atomic E-state index is 13.4. The molecule has 2 aromatic heterocycles. The third kappa shape index (κ3) is 2.93. The van der Waals surface area contributed by atoms with E-state index in [0.29, 0.717) is 16.4 Å². The Labute approximate surface area is 223 Å². The van der Waals surface area contributed by atoms with E-state index in [9.17, 15) is 10.1 Å². The molecule has 0 aliphatic carbocycles. The van der Waals surface area contributed by atoms with Gasteiger partial charge in [0.2, 0.25) is 5.82 Å². The Bertz CT molecular complexity index is 2310. The lowest BCUT2D eigenvalue weighted by Gasteiger charge is -2.18. The largest absolute Gasteiger partial charge is 0.268 e. The van der Waals surface area contributed by atoms with Crippen molar-refractivity contribution in [1.29, 1.82) is 5.26 Å². The number of pyridine rings is 1. The van der Waals surface area contributed by atoms with E-state index in [1.54, 1.807) is 0 Å². The summed E-state index contributed by atoms with van der Waals surface area (Å²) in [7, 11) is 0. The minimum atomic E-state index is -0.215. The van der Waals surface area contributed by atoms with Crippen LogP contribution in [0, 0.1) is 11.3 Å². The third-order valence-corrected chi connectivity index (χ3v) is 7.78. The van der Waals surface area contributed by atoms with Crippen LogP contribution >= 0.6 is 0 Å². The quantitative estimate of drug-likeness (QED) is 0.180. The first-order chi connectivity index (χ1) is 19.2. The summed E-state index contributed by atoms with van der Waals surface area (Å²) in [5, 5.41) is 16.8. The topological polar surface area (TPSA) is 58.2 Å². The van der Waals surface area contributed by atoms with Crippen LogP contribution in [0.5, 0.6) is 0 Å². The van der Waals surface area contributed by atoms with Gasteiger partial charge in [0.15, 0.2) is 0 Å². The summed E-state index contributed by atoms with van der Waals surface area (Å²) >= 11 is 0.